The molecular weight excluding hydrogens is 182 g/mol. The minimum absolute atomic E-state index is 0.641. The van der Waals surface area contributed by atoms with Gasteiger partial charge in [-0.25, -0.2) is 0 Å². The van der Waals surface area contributed by atoms with Gasteiger partial charge in [-0.15, -0.1) is 0 Å². The molecule has 1 heteroatoms. The third-order valence-corrected chi connectivity index (χ3v) is 2.99. The van der Waals surface area contributed by atoms with Crippen LogP contribution < -0.4 is 5.32 Å². The van der Waals surface area contributed by atoms with E-state index in [1.54, 1.807) is 0 Å². The monoisotopic (exact) mass is 213 g/mol. The summed E-state index contributed by atoms with van der Waals surface area (Å²) in [5.74, 6) is 0.901. The summed E-state index contributed by atoms with van der Waals surface area (Å²) in [5.41, 5.74) is 0. The Labute approximate surface area is 97.0 Å². The highest BCUT2D eigenvalue weighted by molar-refractivity contribution is 4.58. The van der Waals surface area contributed by atoms with E-state index < -0.39 is 0 Å². The molecule has 1 atom stereocenters. The van der Waals surface area contributed by atoms with E-state index in [4.69, 9.17) is 0 Å². The molecule has 0 aromatic rings. The summed E-state index contributed by atoms with van der Waals surface area (Å²) < 4.78 is 0. The molecule has 0 fully saturated rings. The average Bonchev–Trinajstić information content (AvgIpc) is 2.17. The number of unbranched alkanes of at least 4 members (excludes halogenated alkanes) is 4. The van der Waals surface area contributed by atoms with Crippen LogP contribution in [0.5, 0.6) is 0 Å². The fraction of sp³-hybridized carbons (Fsp3) is 1.00. The highest BCUT2D eigenvalue weighted by atomic mass is 14.9. The zero-order valence-corrected chi connectivity index (χ0v) is 11.3. The van der Waals surface area contributed by atoms with Gasteiger partial charge in [0.2, 0.25) is 0 Å². The molecular formula is C14H31N. The molecule has 0 heterocycles. The zero-order chi connectivity index (χ0) is 11.5. The number of rotatable bonds is 10. The van der Waals surface area contributed by atoms with Gasteiger partial charge in [-0.2, -0.15) is 0 Å². The Kier molecular flexibility index (Phi) is 10.4. The van der Waals surface area contributed by atoms with Gasteiger partial charge in [-0.1, -0.05) is 66.2 Å². The molecule has 0 aliphatic carbocycles. The van der Waals surface area contributed by atoms with Crippen LogP contribution >= 0.6 is 0 Å². The molecule has 0 radical (unpaired) electrons. The van der Waals surface area contributed by atoms with Crippen molar-refractivity contribution in [3.05, 3.63) is 0 Å². The molecule has 0 bridgehead atoms. The first-order chi connectivity index (χ1) is 7.16. The molecule has 15 heavy (non-hydrogen) atoms. The van der Waals surface area contributed by atoms with Crippen LogP contribution in [0.3, 0.4) is 0 Å². The van der Waals surface area contributed by atoms with Crippen molar-refractivity contribution >= 4 is 0 Å². The maximum absolute atomic E-state index is 3.49. The molecule has 0 aliphatic rings. The molecule has 1 N–H and O–H groups in total. The summed E-state index contributed by atoms with van der Waals surface area (Å²) >= 11 is 0. The maximum Gasteiger partial charge on any atom is 0.00103 e. The third kappa shape index (κ3) is 11.9. The Morgan fingerprint density at radius 1 is 0.867 bits per heavy atom. The van der Waals surface area contributed by atoms with Crippen molar-refractivity contribution in [1.82, 2.24) is 5.32 Å². The zero-order valence-electron chi connectivity index (χ0n) is 11.3. The van der Waals surface area contributed by atoms with Gasteiger partial charge in [0.1, 0.15) is 0 Å². The lowest BCUT2D eigenvalue weighted by atomic mass is 9.99. The first-order valence-electron chi connectivity index (χ1n) is 6.90. The van der Waals surface area contributed by atoms with Gasteiger partial charge < -0.3 is 5.32 Å². The SMILES string of the molecule is CCCCCCCC(C)CCNC(C)C. The second-order valence-corrected chi connectivity index (χ2v) is 5.21. The number of hydrogen-bond donors (Lipinski definition) is 1. The molecule has 0 saturated carbocycles. The Morgan fingerprint density at radius 2 is 1.53 bits per heavy atom. The molecule has 0 aromatic carbocycles. The van der Waals surface area contributed by atoms with Crippen molar-refractivity contribution in [1.29, 1.82) is 0 Å². The quantitative estimate of drug-likeness (QED) is 0.531. The molecule has 0 rings (SSSR count). The van der Waals surface area contributed by atoms with Crippen LogP contribution in [0.4, 0.5) is 0 Å². The summed E-state index contributed by atoms with van der Waals surface area (Å²) in [6.07, 6.45) is 9.85. The van der Waals surface area contributed by atoms with Gasteiger partial charge in [-0.05, 0) is 18.9 Å². The van der Waals surface area contributed by atoms with Crippen LogP contribution in [0.15, 0.2) is 0 Å². The Balaban J connectivity index is 3.15. The lowest BCUT2D eigenvalue weighted by Gasteiger charge is -2.13. The molecule has 1 nitrogen and oxygen atoms in total. The van der Waals surface area contributed by atoms with E-state index in [0.29, 0.717) is 6.04 Å². The Morgan fingerprint density at radius 3 is 2.13 bits per heavy atom. The Hall–Kier alpha value is -0.0400. The lowest BCUT2D eigenvalue weighted by molar-refractivity contribution is 0.432. The molecule has 1 unspecified atom stereocenters. The van der Waals surface area contributed by atoms with Crippen molar-refractivity contribution in [3.63, 3.8) is 0 Å². The van der Waals surface area contributed by atoms with E-state index in [0.717, 1.165) is 5.92 Å². The molecule has 0 spiro atoms. The highest BCUT2D eigenvalue weighted by Crippen LogP contribution is 2.13. The smallest absolute Gasteiger partial charge is 0.00103 e. The highest BCUT2D eigenvalue weighted by Gasteiger charge is 2.02. The van der Waals surface area contributed by atoms with Gasteiger partial charge >= 0.3 is 0 Å². The molecule has 0 saturated heterocycles. The van der Waals surface area contributed by atoms with Crippen molar-refractivity contribution in [2.75, 3.05) is 6.54 Å². The van der Waals surface area contributed by atoms with Gasteiger partial charge in [0.15, 0.2) is 0 Å². The summed E-state index contributed by atoms with van der Waals surface area (Å²) in [5, 5.41) is 3.49. The van der Waals surface area contributed by atoms with Gasteiger partial charge in [0, 0.05) is 6.04 Å². The summed E-state index contributed by atoms with van der Waals surface area (Å²) in [4.78, 5) is 0. The molecule has 0 aromatic heterocycles. The predicted octanol–water partition coefficient (Wildman–Crippen LogP) is 4.37. The predicted molar refractivity (Wildman–Crippen MR) is 70.3 cm³/mol. The number of nitrogens with one attached hydrogen (secondary N) is 1. The minimum Gasteiger partial charge on any atom is -0.315 e. The van der Waals surface area contributed by atoms with Crippen LogP contribution in [-0.4, -0.2) is 12.6 Å². The van der Waals surface area contributed by atoms with E-state index in [9.17, 15) is 0 Å². The normalized spacial score (nSPS) is 13.4. The molecule has 0 amide bonds. The second-order valence-electron chi connectivity index (χ2n) is 5.21. The van der Waals surface area contributed by atoms with Crippen molar-refractivity contribution in [3.8, 4) is 0 Å². The standard InChI is InChI=1S/C14H31N/c1-5-6-7-8-9-10-14(4)11-12-15-13(2)3/h13-15H,5-12H2,1-4H3. The van der Waals surface area contributed by atoms with Crippen molar-refractivity contribution < 1.29 is 0 Å². The number of hydrogen-bond acceptors (Lipinski definition) is 1. The van der Waals surface area contributed by atoms with Crippen LogP contribution in [0.25, 0.3) is 0 Å². The fourth-order valence-electron chi connectivity index (χ4n) is 1.86. The lowest BCUT2D eigenvalue weighted by Crippen LogP contribution is -2.24. The van der Waals surface area contributed by atoms with E-state index >= 15 is 0 Å². The summed E-state index contributed by atoms with van der Waals surface area (Å²) in [6, 6.07) is 0.641. The van der Waals surface area contributed by atoms with Crippen molar-refractivity contribution in [2.24, 2.45) is 5.92 Å². The first kappa shape index (κ1) is 15.0. The second kappa shape index (κ2) is 10.5. The summed E-state index contributed by atoms with van der Waals surface area (Å²) in [6.45, 7) is 10.3. The van der Waals surface area contributed by atoms with Crippen LogP contribution in [-0.2, 0) is 0 Å². The van der Waals surface area contributed by atoms with Gasteiger partial charge in [-0.3, -0.25) is 0 Å². The Bertz CT molecular complexity index is 121. The molecule has 0 aliphatic heterocycles. The average molecular weight is 213 g/mol. The van der Waals surface area contributed by atoms with Gasteiger partial charge in [0.05, 0.1) is 0 Å². The van der Waals surface area contributed by atoms with Crippen LogP contribution in [0.2, 0.25) is 0 Å². The van der Waals surface area contributed by atoms with Crippen molar-refractivity contribution in [2.45, 2.75) is 78.7 Å². The van der Waals surface area contributed by atoms with E-state index in [1.165, 1.54) is 51.5 Å². The fourth-order valence-corrected chi connectivity index (χ4v) is 1.86. The molecule has 92 valence electrons. The van der Waals surface area contributed by atoms with Gasteiger partial charge in [0.25, 0.3) is 0 Å². The third-order valence-electron chi connectivity index (χ3n) is 2.99. The first-order valence-corrected chi connectivity index (χ1v) is 6.90. The van der Waals surface area contributed by atoms with E-state index in [2.05, 4.69) is 33.0 Å². The van der Waals surface area contributed by atoms with E-state index in [1.807, 2.05) is 0 Å². The van der Waals surface area contributed by atoms with E-state index in [-0.39, 0.29) is 0 Å². The van der Waals surface area contributed by atoms with Crippen LogP contribution in [0, 0.1) is 5.92 Å². The van der Waals surface area contributed by atoms with Crippen LogP contribution in [0.1, 0.15) is 72.6 Å². The minimum atomic E-state index is 0.641. The maximum atomic E-state index is 3.49. The topological polar surface area (TPSA) is 12.0 Å². The largest absolute Gasteiger partial charge is 0.315 e. The summed E-state index contributed by atoms with van der Waals surface area (Å²) in [7, 11) is 0.